The normalized spacial score (nSPS) is 12.5. The van der Waals surface area contributed by atoms with Crippen LogP contribution >= 0.6 is 11.6 Å². The second-order valence-electron chi connectivity index (χ2n) is 3.62. The van der Waals surface area contributed by atoms with Crippen LogP contribution in [0.5, 0.6) is 5.88 Å². The largest absolute Gasteiger partial charge is 0.472 e. The Labute approximate surface area is 102 Å². The Balaban J connectivity index is 2.57. The molecule has 16 heavy (non-hydrogen) atoms. The molecular formula is C12H18ClNO2. The van der Waals surface area contributed by atoms with E-state index in [2.05, 4.69) is 4.98 Å². The molecule has 1 atom stereocenters. The minimum atomic E-state index is 0.00806. The van der Waals surface area contributed by atoms with Gasteiger partial charge in [-0.05, 0) is 26.3 Å². The van der Waals surface area contributed by atoms with E-state index in [9.17, 15) is 0 Å². The van der Waals surface area contributed by atoms with Crippen molar-refractivity contribution in [1.29, 1.82) is 0 Å². The summed E-state index contributed by atoms with van der Waals surface area (Å²) >= 11 is 5.76. The number of hydrogen-bond acceptors (Lipinski definition) is 3. The molecular weight excluding hydrogens is 226 g/mol. The van der Waals surface area contributed by atoms with Gasteiger partial charge in [0.05, 0.1) is 6.61 Å². The van der Waals surface area contributed by atoms with Crippen molar-refractivity contribution < 1.29 is 9.47 Å². The molecule has 0 aliphatic carbocycles. The molecule has 3 nitrogen and oxygen atoms in total. The third kappa shape index (κ3) is 3.99. The number of aromatic nitrogens is 1. The highest BCUT2D eigenvalue weighted by atomic mass is 35.5. The third-order valence-electron chi connectivity index (χ3n) is 2.19. The number of pyridine rings is 1. The summed E-state index contributed by atoms with van der Waals surface area (Å²) < 4.78 is 10.9. The van der Waals surface area contributed by atoms with Gasteiger partial charge in [0, 0.05) is 24.2 Å². The standard InChI is InChI=1S/C12H18ClNO2/c1-4-15-8-9(2)16-12-6-5-11(7-13)10(3)14-12/h5-6,9H,4,7-8H2,1-3H3. The van der Waals surface area contributed by atoms with Crippen molar-refractivity contribution in [3.05, 3.63) is 23.4 Å². The van der Waals surface area contributed by atoms with E-state index in [1.165, 1.54) is 0 Å². The number of nitrogens with zero attached hydrogens (tertiary/aromatic N) is 1. The predicted molar refractivity (Wildman–Crippen MR) is 65.1 cm³/mol. The maximum absolute atomic E-state index is 5.76. The summed E-state index contributed by atoms with van der Waals surface area (Å²) in [5, 5.41) is 0. The minimum Gasteiger partial charge on any atom is -0.472 e. The molecule has 1 aromatic rings. The Kier molecular flexibility index (Phi) is 5.56. The molecule has 0 aliphatic heterocycles. The van der Waals surface area contributed by atoms with Gasteiger partial charge in [-0.15, -0.1) is 11.6 Å². The molecule has 0 spiro atoms. The van der Waals surface area contributed by atoms with E-state index in [1.807, 2.05) is 32.9 Å². The highest BCUT2D eigenvalue weighted by molar-refractivity contribution is 6.17. The van der Waals surface area contributed by atoms with Crippen molar-refractivity contribution in [2.24, 2.45) is 0 Å². The SMILES string of the molecule is CCOCC(C)Oc1ccc(CCl)c(C)n1. The van der Waals surface area contributed by atoms with Gasteiger partial charge in [0.25, 0.3) is 0 Å². The highest BCUT2D eigenvalue weighted by Gasteiger charge is 2.06. The lowest BCUT2D eigenvalue weighted by atomic mass is 10.2. The average molecular weight is 244 g/mol. The molecule has 1 unspecified atom stereocenters. The van der Waals surface area contributed by atoms with Gasteiger partial charge < -0.3 is 9.47 Å². The van der Waals surface area contributed by atoms with Gasteiger partial charge in [-0.25, -0.2) is 4.98 Å². The van der Waals surface area contributed by atoms with Crippen molar-refractivity contribution in [3.63, 3.8) is 0 Å². The van der Waals surface area contributed by atoms with E-state index in [4.69, 9.17) is 21.1 Å². The third-order valence-corrected chi connectivity index (χ3v) is 2.48. The highest BCUT2D eigenvalue weighted by Crippen LogP contribution is 2.15. The molecule has 0 aromatic carbocycles. The zero-order chi connectivity index (χ0) is 12.0. The summed E-state index contributed by atoms with van der Waals surface area (Å²) in [6, 6.07) is 3.78. The second-order valence-corrected chi connectivity index (χ2v) is 3.88. The Morgan fingerprint density at radius 1 is 1.44 bits per heavy atom. The molecule has 1 rings (SSSR count). The van der Waals surface area contributed by atoms with Gasteiger partial charge in [0.15, 0.2) is 0 Å². The lowest BCUT2D eigenvalue weighted by Gasteiger charge is -2.14. The van der Waals surface area contributed by atoms with Gasteiger partial charge in [-0.2, -0.15) is 0 Å². The number of ether oxygens (including phenoxy) is 2. The molecule has 90 valence electrons. The smallest absolute Gasteiger partial charge is 0.213 e. The molecule has 0 saturated carbocycles. The quantitative estimate of drug-likeness (QED) is 0.720. The number of halogens is 1. The van der Waals surface area contributed by atoms with E-state index in [0.717, 1.165) is 11.3 Å². The molecule has 0 amide bonds. The van der Waals surface area contributed by atoms with Crippen LogP contribution in [0, 0.1) is 6.92 Å². The van der Waals surface area contributed by atoms with E-state index in [1.54, 1.807) is 0 Å². The molecule has 1 heterocycles. The predicted octanol–water partition coefficient (Wildman–Crippen LogP) is 2.93. The van der Waals surface area contributed by atoms with Gasteiger partial charge in [-0.3, -0.25) is 0 Å². The van der Waals surface area contributed by atoms with Crippen LogP contribution in [0.1, 0.15) is 25.1 Å². The summed E-state index contributed by atoms with van der Waals surface area (Å²) in [5.74, 6) is 1.10. The molecule has 0 saturated heterocycles. The summed E-state index contributed by atoms with van der Waals surface area (Å²) in [6.45, 7) is 7.13. The van der Waals surface area contributed by atoms with E-state index in [-0.39, 0.29) is 6.10 Å². The van der Waals surface area contributed by atoms with Crippen molar-refractivity contribution in [2.75, 3.05) is 13.2 Å². The maximum Gasteiger partial charge on any atom is 0.213 e. The van der Waals surface area contributed by atoms with Crippen LogP contribution in [0.25, 0.3) is 0 Å². The summed E-state index contributed by atoms with van der Waals surface area (Å²) in [6.07, 6.45) is 0.00806. The average Bonchev–Trinajstić information content (AvgIpc) is 2.26. The fourth-order valence-electron chi connectivity index (χ4n) is 1.30. The van der Waals surface area contributed by atoms with Crippen LogP contribution in [0.4, 0.5) is 0 Å². The van der Waals surface area contributed by atoms with Crippen molar-refractivity contribution >= 4 is 11.6 Å². The number of aryl methyl sites for hydroxylation is 1. The van der Waals surface area contributed by atoms with Crippen molar-refractivity contribution in [2.45, 2.75) is 32.8 Å². The van der Waals surface area contributed by atoms with E-state index >= 15 is 0 Å². The first-order valence-corrected chi connectivity index (χ1v) is 5.97. The Bertz CT molecular complexity index is 331. The first-order valence-electron chi connectivity index (χ1n) is 5.44. The lowest BCUT2D eigenvalue weighted by molar-refractivity contribution is 0.0633. The van der Waals surface area contributed by atoms with Gasteiger partial charge in [-0.1, -0.05) is 6.07 Å². The van der Waals surface area contributed by atoms with E-state index < -0.39 is 0 Å². The number of hydrogen-bond donors (Lipinski definition) is 0. The van der Waals surface area contributed by atoms with Gasteiger partial charge in [0.2, 0.25) is 5.88 Å². The van der Waals surface area contributed by atoms with Gasteiger partial charge >= 0.3 is 0 Å². The van der Waals surface area contributed by atoms with Crippen LogP contribution in [0.2, 0.25) is 0 Å². The minimum absolute atomic E-state index is 0.00806. The summed E-state index contributed by atoms with van der Waals surface area (Å²) in [4.78, 5) is 4.33. The molecule has 1 aromatic heterocycles. The fraction of sp³-hybridized carbons (Fsp3) is 0.583. The van der Waals surface area contributed by atoms with E-state index in [0.29, 0.717) is 25.0 Å². The van der Waals surface area contributed by atoms with Crippen molar-refractivity contribution in [1.82, 2.24) is 4.98 Å². The molecule has 0 radical (unpaired) electrons. The van der Waals surface area contributed by atoms with Crippen molar-refractivity contribution in [3.8, 4) is 5.88 Å². The van der Waals surface area contributed by atoms with Crippen LogP contribution < -0.4 is 4.74 Å². The Morgan fingerprint density at radius 3 is 2.75 bits per heavy atom. The topological polar surface area (TPSA) is 31.4 Å². The first-order chi connectivity index (χ1) is 7.67. The lowest BCUT2D eigenvalue weighted by Crippen LogP contribution is -2.19. The molecule has 4 heteroatoms. The fourth-order valence-corrected chi connectivity index (χ4v) is 1.58. The Hall–Kier alpha value is -0.800. The van der Waals surface area contributed by atoms with Crippen LogP contribution in [-0.2, 0) is 10.6 Å². The second kappa shape index (κ2) is 6.71. The number of alkyl halides is 1. The zero-order valence-corrected chi connectivity index (χ0v) is 10.8. The molecule has 0 bridgehead atoms. The Morgan fingerprint density at radius 2 is 2.19 bits per heavy atom. The summed E-state index contributed by atoms with van der Waals surface area (Å²) in [5.41, 5.74) is 1.95. The maximum atomic E-state index is 5.76. The summed E-state index contributed by atoms with van der Waals surface area (Å²) in [7, 11) is 0. The molecule has 0 aliphatic rings. The molecule has 0 N–H and O–H groups in total. The van der Waals surface area contributed by atoms with Crippen LogP contribution in [-0.4, -0.2) is 24.3 Å². The monoisotopic (exact) mass is 243 g/mol. The van der Waals surface area contributed by atoms with Crippen LogP contribution in [0.3, 0.4) is 0 Å². The molecule has 0 fully saturated rings. The van der Waals surface area contributed by atoms with Crippen LogP contribution in [0.15, 0.2) is 12.1 Å². The van der Waals surface area contributed by atoms with Gasteiger partial charge in [0.1, 0.15) is 6.10 Å². The first kappa shape index (κ1) is 13.3. The number of rotatable bonds is 6. The zero-order valence-electron chi connectivity index (χ0n) is 10.00.